The Balaban J connectivity index is 1.90. The summed E-state index contributed by atoms with van der Waals surface area (Å²) in [4.78, 5) is 6.77. The summed E-state index contributed by atoms with van der Waals surface area (Å²) in [7, 11) is -2.43. The van der Waals surface area contributed by atoms with Crippen LogP contribution in [-0.2, 0) is 23.0 Å². The Hall–Kier alpha value is -1.83. The average molecular weight is 396 g/mol. The molecule has 1 aromatic carbocycles. The maximum atomic E-state index is 12.8. The first kappa shape index (κ1) is 18.9. The van der Waals surface area contributed by atoms with E-state index in [4.69, 9.17) is 16.3 Å². The second kappa shape index (κ2) is 7.42. The summed E-state index contributed by atoms with van der Waals surface area (Å²) < 4.78 is 33.3. The van der Waals surface area contributed by atoms with E-state index in [1.807, 2.05) is 6.07 Å². The molecule has 2 aromatic rings. The molecule has 3 rings (SSSR count). The molecule has 1 N–H and O–H groups in total. The number of hydrogen-bond donors (Lipinski definition) is 1. The number of sulfonamides is 1. The number of nitrogens with zero attached hydrogens (tertiary/aromatic N) is 2. The lowest BCUT2D eigenvalue weighted by atomic mass is 10.0. The molecule has 0 bridgehead atoms. The lowest BCUT2D eigenvalue weighted by Gasteiger charge is -2.31. The van der Waals surface area contributed by atoms with E-state index in [1.54, 1.807) is 12.3 Å². The molecule has 140 valence electrons. The Morgan fingerprint density at radius 3 is 2.77 bits per heavy atom. The first-order valence-electron chi connectivity index (χ1n) is 8.38. The van der Waals surface area contributed by atoms with Gasteiger partial charge in [0.25, 0.3) is 10.0 Å². The first-order valence-corrected chi connectivity index (χ1v) is 10.2. The van der Waals surface area contributed by atoms with Gasteiger partial charge < -0.3 is 4.74 Å². The minimum Gasteiger partial charge on any atom is -0.495 e. The predicted molar refractivity (Wildman–Crippen MR) is 102 cm³/mol. The molecule has 0 unspecified atom stereocenters. The second-order valence-corrected chi connectivity index (χ2v) is 8.63. The Morgan fingerprint density at radius 1 is 1.31 bits per heavy atom. The van der Waals surface area contributed by atoms with E-state index in [1.165, 1.54) is 19.2 Å². The van der Waals surface area contributed by atoms with Gasteiger partial charge in [-0.25, -0.2) is 8.42 Å². The fraction of sp³-hybridized carbons (Fsp3) is 0.389. The molecule has 0 fully saturated rings. The lowest BCUT2D eigenvalue weighted by molar-refractivity contribution is 0.202. The highest BCUT2D eigenvalue weighted by Crippen LogP contribution is 2.29. The van der Waals surface area contributed by atoms with E-state index in [0.29, 0.717) is 16.8 Å². The molecule has 0 atom stereocenters. The minimum absolute atomic E-state index is 0.00553. The molecule has 8 heteroatoms. The molecule has 1 aliphatic heterocycles. The van der Waals surface area contributed by atoms with Crippen molar-refractivity contribution in [3.63, 3.8) is 0 Å². The van der Waals surface area contributed by atoms with Crippen LogP contribution in [0.5, 0.6) is 5.75 Å². The lowest BCUT2D eigenvalue weighted by Crippen LogP contribution is -2.36. The van der Waals surface area contributed by atoms with E-state index >= 15 is 0 Å². The number of aromatic nitrogens is 1. The van der Waals surface area contributed by atoms with E-state index in [9.17, 15) is 8.42 Å². The van der Waals surface area contributed by atoms with Gasteiger partial charge in [0.15, 0.2) is 0 Å². The van der Waals surface area contributed by atoms with Gasteiger partial charge in [-0.15, -0.1) is 0 Å². The molecule has 1 aromatic heterocycles. The van der Waals surface area contributed by atoms with E-state index in [0.717, 1.165) is 30.8 Å². The van der Waals surface area contributed by atoms with Crippen LogP contribution in [0, 0.1) is 0 Å². The van der Waals surface area contributed by atoms with Crippen LogP contribution < -0.4 is 9.46 Å². The zero-order chi connectivity index (χ0) is 18.9. The number of ether oxygens (including phenoxy) is 1. The van der Waals surface area contributed by atoms with Gasteiger partial charge in [-0.2, -0.15) is 0 Å². The van der Waals surface area contributed by atoms with Gasteiger partial charge in [-0.3, -0.25) is 14.6 Å². The Morgan fingerprint density at radius 2 is 2.08 bits per heavy atom. The number of benzene rings is 1. The van der Waals surface area contributed by atoms with Crippen molar-refractivity contribution >= 4 is 27.3 Å². The van der Waals surface area contributed by atoms with Crippen LogP contribution in [0.1, 0.15) is 25.1 Å². The summed E-state index contributed by atoms with van der Waals surface area (Å²) in [6.45, 7) is 6.02. The Bertz CT molecular complexity index is 916. The van der Waals surface area contributed by atoms with Gasteiger partial charge in [0.2, 0.25) is 0 Å². The number of hydrogen-bond acceptors (Lipinski definition) is 5. The van der Waals surface area contributed by atoms with Crippen LogP contribution in [0.3, 0.4) is 0 Å². The van der Waals surface area contributed by atoms with Crippen molar-refractivity contribution in [2.24, 2.45) is 0 Å². The maximum absolute atomic E-state index is 12.8. The average Bonchev–Trinajstić information content (AvgIpc) is 2.60. The van der Waals surface area contributed by atoms with Crippen molar-refractivity contribution in [3.05, 3.63) is 46.7 Å². The van der Waals surface area contributed by atoms with Crippen LogP contribution in [0.2, 0.25) is 5.02 Å². The number of methoxy groups -OCH3 is 1. The number of rotatable bonds is 5. The second-order valence-electron chi connectivity index (χ2n) is 6.54. The monoisotopic (exact) mass is 395 g/mol. The van der Waals surface area contributed by atoms with Crippen molar-refractivity contribution in [3.8, 4) is 5.75 Å². The van der Waals surface area contributed by atoms with Crippen LogP contribution in [-0.4, -0.2) is 38.0 Å². The van der Waals surface area contributed by atoms with Crippen molar-refractivity contribution in [2.45, 2.75) is 37.8 Å². The highest BCUT2D eigenvalue weighted by Gasteiger charge is 2.23. The molecule has 1 aliphatic rings. The van der Waals surface area contributed by atoms with Crippen molar-refractivity contribution in [1.82, 2.24) is 9.88 Å². The summed E-state index contributed by atoms with van der Waals surface area (Å²) in [5.74, 6) is 0.235. The molecule has 0 saturated heterocycles. The molecule has 0 amide bonds. The predicted octanol–water partition coefficient (Wildman–Crippen LogP) is 3.31. The number of pyridine rings is 1. The van der Waals surface area contributed by atoms with Crippen molar-refractivity contribution in [2.75, 3.05) is 18.4 Å². The fourth-order valence-electron chi connectivity index (χ4n) is 3.02. The molecular weight excluding hydrogens is 374 g/mol. The molecule has 0 spiro atoms. The standard InChI is InChI=1S/C18H22ClN3O3S/c1-12(2)22-7-6-16-13(11-22)8-15(10-20-16)21-26(23,24)18-9-14(19)4-5-17(18)25-3/h4-5,8-10,12,21H,6-7,11H2,1-3H3. The largest absolute Gasteiger partial charge is 0.495 e. The SMILES string of the molecule is COc1ccc(Cl)cc1S(=O)(=O)Nc1cnc2c(c1)CN(C(C)C)CC2. The summed E-state index contributed by atoms with van der Waals surface area (Å²) in [5, 5.41) is 0.322. The highest BCUT2D eigenvalue weighted by molar-refractivity contribution is 7.92. The summed E-state index contributed by atoms with van der Waals surface area (Å²) in [6, 6.07) is 6.77. The van der Waals surface area contributed by atoms with Crippen molar-refractivity contribution in [1.29, 1.82) is 0 Å². The zero-order valence-electron chi connectivity index (χ0n) is 15.0. The molecule has 26 heavy (non-hydrogen) atoms. The molecular formula is C18H22ClN3O3S. The Labute approximate surface area is 159 Å². The number of fused-ring (bicyclic) bond motifs is 1. The van der Waals surface area contributed by atoms with Crippen LogP contribution >= 0.6 is 11.6 Å². The molecule has 0 radical (unpaired) electrons. The minimum atomic E-state index is -3.85. The smallest absolute Gasteiger partial charge is 0.265 e. The normalized spacial score (nSPS) is 15.0. The van der Waals surface area contributed by atoms with Gasteiger partial charge in [-0.1, -0.05) is 11.6 Å². The van der Waals surface area contributed by atoms with Gasteiger partial charge >= 0.3 is 0 Å². The third-order valence-electron chi connectivity index (χ3n) is 4.47. The Kier molecular flexibility index (Phi) is 5.41. The van der Waals surface area contributed by atoms with Crippen molar-refractivity contribution < 1.29 is 13.2 Å². The zero-order valence-corrected chi connectivity index (χ0v) is 16.6. The maximum Gasteiger partial charge on any atom is 0.265 e. The summed E-state index contributed by atoms with van der Waals surface area (Å²) in [5.41, 5.74) is 2.49. The fourth-order valence-corrected chi connectivity index (χ4v) is 4.48. The highest BCUT2D eigenvalue weighted by atomic mass is 35.5. The van der Waals surface area contributed by atoms with Crippen LogP contribution in [0.4, 0.5) is 5.69 Å². The molecule has 6 nitrogen and oxygen atoms in total. The first-order chi connectivity index (χ1) is 12.3. The van der Waals surface area contributed by atoms with E-state index in [-0.39, 0.29) is 10.6 Å². The van der Waals surface area contributed by atoms with Gasteiger partial charge in [0.1, 0.15) is 10.6 Å². The van der Waals surface area contributed by atoms with E-state index in [2.05, 4.69) is 28.5 Å². The van der Waals surface area contributed by atoms with Gasteiger partial charge in [0, 0.05) is 36.3 Å². The van der Waals surface area contributed by atoms with Crippen LogP contribution in [0.25, 0.3) is 0 Å². The quantitative estimate of drug-likeness (QED) is 0.840. The van der Waals surface area contributed by atoms with Crippen LogP contribution in [0.15, 0.2) is 35.4 Å². The van der Waals surface area contributed by atoms with Gasteiger partial charge in [-0.05, 0) is 43.7 Å². The molecule has 0 saturated carbocycles. The third-order valence-corrected chi connectivity index (χ3v) is 6.10. The molecule has 2 heterocycles. The number of nitrogens with one attached hydrogen (secondary N) is 1. The summed E-state index contributed by atoms with van der Waals surface area (Å²) >= 11 is 5.96. The van der Waals surface area contributed by atoms with Gasteiger partial charge in [0.05, 0.1) is 19.0 Å². The number of halogens is 1. The number of anilines is 1. The molecule has 0 aliphatic carbocycles. The topological polar surface area (TPSA) is 71.5 Å². The summed E-state index contributed by atoms with van der Waals surface area (Å²) in [6.07, 6.45) is 2.42. The third kappa shape index (κ3) is 3.95. The van der Waals surface area contributed by atoms with E-state index < -0.39 is 10.0 Å².